The molecule has 0 saturated carbocycles. The molecule has 3 heterocycles. The van der Waals surface area contributed by atoms with Crippen LogP contribution >= 0.6 is 23.1 Å². The molecule has 11 heteroatoms. The molecule has 1 aromatic heterocycles. The van der Waals surface area contributed by atoms with Crippen molar-refractivity contribution in [1.82, 2.24) is 9.88 Å². The number of β-lactam (4-membered cyclic amide) rings is 1. The van der Waals surface area contributed by atoms with Crippen molar-refractivity contribution < 1.29 is 34.0 Å². The molecular formula is C27H30N2O7S2. The van der Waals surface area contributed by atoms with Crippen molar-refractivity contribution in [3.05, 3.63) is 60.3 Å². The number of aliphatic hydroxyl groups excluding tert-OH is 1. The summed E-state index contributed by atoms with van der Waals surface area (Å²) in [5.74, 6) is -2.73. The SMILES string of the molecule is C=CCOOC(=O)C(C)C1C(=O)N2C(C(=O)OCC=C)=C(CSc3nc4cc(CCO)ccc4s3)[C@H](C)C12. The van der Waals surface area contributed by atoms with E-state index in [4.69, 9.17) is 19.5 Å². The number of benzene rings is 1. The summed E-state index contributed by atoms with van der Waals surface area (Å²) in [6.45, 7) is 10.8. The van der Waals surface area contributed by atoms with E-state index in [9.17, 15) is 19.5 Å². The van der Waals surface area contributed by atoms with Crippen molar-refractivity contribution >= 4 is 51.2 Å². The van der Waals surface area contributed by atoms with Gasteiger partial charge in [-0.05, 0) is 29.7 Å². The molecular weight excluding hydrogens is 528 g/mol. The summed E-state index contributed by atoms with van der Waals surface area (Å²) in [6, 6.07) is 5.57. The Morgan fingerprint density at radius 2 is 2.05 bits per heavy atom. The fraction of sp³-hybridized carbons (Fsp3) is 0.407. The Labute approximate surface area is 229 Å². The minimum absolute atomic E-state index is 0.0185. The monoisotopic (exact) mass is 558 g/mol. The van der Waals surface area contributed by atoms with Gasteiger partial charge in [0.15, 0.2) is 4.34 Å². The van der Waals surface area contributed by atoms with Gasteiger partial charge in [-0.2, -0.15) is 4.89 Å². The molecule has 0 spiro atoms. The molecule has 4 rings (SSSR count). The number of carbonyl (C=O) groups excluding carboxylic acids is 3. The molecule has 1 saturated heterocycles. The van der Waals surface area contributed by atoms with Crippen LogP contribution in [0.15, 0.2) is 59.1 Å². The zero-order valence-corrected chi connectivity index (χ0v) is 22.9. The molecule has 9 nitrogen and oxygen atoms in total. The van der Waals surface area contributed by atoms with Crippen LogP contribution in [0.1, 0.15) is 19.4 Å². The van der Waals surface area contributed by atoms with Crippen LogP contribution in [0.25, 0.3) is 10.2 Å². The number of aromatic nitrogens is 1. The summed E-state index contributed by atoms with van der Waals surface area (Å²) in [4.78, 5) is 54.6. The topological polar surface area (TPSA) is 115 Å². The van der Waals surface area contributed by atoms with Crippen molar-refractivity contribution in [1.29, 1.82) is 0 Å². The molecule has 2 aromatic rings. The summed E-state index contributed by atoms with van der Waals surface area (Å²) in [6.07, 6.45) is 3.48. The molecule has 2 aliphatic heterocycles. The molecule has 0 aliphatic carbocycles. The zero-order valence-electron chi connectivity index (χ0n) is 21.3. The first-order chi connectivity index (χ1) is 18.3. The molecule has 1 amide bonds. The third kappa shape index (κ3) is 5.42. The van der Waals surface area contributed by atoms with Crippen LogP contribution in [0.4, 0.5) is 0 Å². The Hall–Kier alpha value is -2.99. The van der Waals surface area contributed by atoms with E-state index in [-0.39, 0.29) is 43.4 Å². The molecule has 202 valence electrons. The molecule has 3 unspecified atom stereocenters. The quantitative estimate of drug-likeness (QED) is 0.0748. The van der Waals surface area contributed by atoms with Crippen LogP contribution in [0.5, 0.6) is 0 Å². The number of amides is 1. The van der Waals surface area contributed by atoms with Gasteiger partial charge in [-0.1, -0.05) is 50.4 Å². The largest absolute Gasteiger partial charge is 0.457 e. The van der Waals surface area contributed by atoms with Crippen molar-refractivity contribution in [2.45, 2.75) is 30.6 Å². The number of rotatable bonds is 13. The summed E-state index contributed by atoms with van der Waals surface area (Å²) in [7, 11) is 0. The van der Waals surface area contributed by atoms with Gasteiger partial charge in [0, 0.05) is 18.3 Å². The van der Waals surface area contributed by atoms with Crippen LogP contribution in [0, 0.1) is 17.8 Å². The van der Waals surface area contributed by atoms with Crippen molar-refractivity contribution in [3.8, 4) is 0 Å². The van der Waals surface area contributed by atoms with Crippen LogP contribution in [0.3, 0.4) is 0 Å². The lowest BCUT2D eigenvalue weighted by atomic mass is 9.74. The first-order valence-corrected chi connectivity index (χ1v) is 14.0. The van der Waals surface area contributed by atoms with Gasteiger partial charge in [-0.25, -0.2) is 14.6 Å². The Bertz CT molecular complexity index is 1290. The van der Waals surface area contributed by atoms with Crippen LogP contribution in [-0.2, 0) is 35.3 Å². The third-order valence-electron chi connectivity index (χ3n) is 6.74. The van der Waals surface area contributed by atoms with E-state index < -0.39 is 23.8 Å². The number of carbonyl (C=O) groups is 3. The summed E-state index contributed by atoms with van der Waals surface area (Å²) < 4.78 is 7.18. The van der Waals surface area contributed by atoms with E-state index in [0.29, 0.717) is 12.2 Å². The molecule has 0 bridgehead atoms. The predicted molar refractivity (Wildman–Crippen MR) is 144 cm³/mol. The van der Waals surface area contributed by atoms with Gasteiger partial charge in [0.05, 0.1) is 28.1 Å². The number of hydrogen-bond acceptors (Lipinski definition) is 10. The Kier molecular flexibility index (Phi) is 9.03. The van der Waals surface area contributed by atoms with Gasteiger partial charge in [-0.3, -0.25) is 9.68 Å². The van der Waals surface area contributed by atoms with Crippen molar-refractivity contribution in [2.75, 3.05) is 25.6 Å². The lowest BCUT2D eigenvalue weighted by Gasteiger charge is -2.47. The van der Waals surface area contributed by atoms with Crippen molar-refractivity contribution in [2.24, 2.45) is 17.8 Å². The molecule has 38 heavy (non-hydrogen) atoms. The molecule has 1 N–H and O–H groups in total. The number of nitrogens with zero attached hydrogens (tertiary/aromatic N) is 2. The molecule has 1 fully saturated rings. The first-order valence-electron chi connectivity index (χ1n) is 12.2. The first kappa shape index (κ1) is 28.0. The van der Waals surface area contributed by atoms with E-state index in [1.807, 2.05) is 25.1 Å². The van der Waals surface area contributed by atoms with Gasteiger partial charge in [0.2, 0.25) is 5.91 Å². The number of thiazole rings is 1. The third-order valence-corrected chi connectivity index (χ3v) is 8.97. The van der Waals surface area contributed by atoms with E-state index in [0.717, 1.165) is 25.7 Å². The number of ether oxygens (including phenoxy) is 1. The lowest BCUT2D eigenvalue weighted by molar-refractivity contribution is -0.271. The standard InChI is InChI=1S/C27H30N2O7S2/c1-5-11-34-26(33)23-18(14-37-27-28-19-13-17(9-10-30)7-8-20(19)38-27)15(3)22-21(24(31)29(22)23)16(4)25(32)36-35-12-6-2/h5-8,13,15-16,21-22,30H,1-2,9-12,14H2,3-4H3/t15-,16?,21?,22?/m0/s1. The number of aliphatic hydroxyl groups is 1. The van der Waals surface area contributed by atoms with Gasteiger partial charge in [0.1, 0.15) is 18.9 Å². The normalized spacial score (nSPS) is 21.2. The highest BCUT2D eigenvalue weighted by Crippen LogP contribution is 2.50. The highest BCUT2D eigenvalue weighted by Gasteiger charge is 2.61. The minimum Gasteiger partial charge on any atom is -0.457 e. The Balaban J connectivity index is 1.55. The minimum atomic E-state index is -0.758. The average Bonchev–Trinajstić information content (AvgIpc) is 3.42. The Morgan fingerprint density at radius 3 is 2.76 bits per heavy atom. The number of hydrogen-bond donors (Lipinski definition) is 1. The van der Waals surface area contributed by atoms with Gasteiger partial charge < -0.3 is 14.7 Å². The van der Waals surface area contributed by atoms with E-state index in [1.54, 1.807) is 18.3 Å². The number of fused-ring (bicyclic) bond motifs is 2. The second kappa shape index (κ2) is 12.2. The second-order valence-corrected chi connectivity index (χ2v) is 11.3. The average molecular weight is 559 g/mol. The van der Waals surface area contributed by atoms with Gasteiger partial charge >= 0.3 is 11.9 Å². The predicted octanol–water partition coefficient (Wildman–Crippen LogP) is 3.68. The van der Waals surface area contributed by atoms with Crippen molar-refractivity contribution in [3.63, 3.8) is 0 Å². The maximum Gasteiger partial charge on any atom is 0.355 e. The summed E-state index contributed by atoms with van der Waals surface area (Å²) >= 11 is 3.03. The fourth-order valence-electron chi connectivity index (χ4n) is 4.84. The maximum atomic E-state index is 13.2. The lowest BCUT2D eigenvalue weighted by Crippen LogP contribution is -2.63. The van der Waals surface area contributed by atoms with Gasteiger partial charge in [-0.15, -0.1) is 17.9 Å². The molecule has 1 aromatic carbocycles. The van der Waals surface area contributed by atoms with E-state index in [1.165, 1.54) is 28.8 Å². The smallest absolute Gasteiger partial charge is 0.355 e. The van der Waals surface area contributed by atoms with Crippen LogP contribution in [-0.4, -0.2) is 64.5 Å². The highest BCUT2D eigenvalue weighted by molar-refractivity contribution is 8.01. The number of thioether (sulfide) groups is 1. The number of esters is 1. The fourth-order valence-corrected chi connectivity index (χ4v) is 7.05. The molecule has 0 radical (unpaired) electrons. The molecule has 4 atom stereocenters. The second-order valence-electron chi connectivity index (χ2n) is 9.08. The highest BCUT2D eigenvalue weighted by atomic mass is 32.2. The van der Waals surface area contributed by atoms with Crippen LogP contribution in [0.2, 0.25) is 0 Å². The summed E-state index contributed by atoms with van der Waals surface area (Å²) in [5, 5.41) is 9.22. The van der Waals surface area contributed by atoms with Crippen LogP contribution < -0.4 is 0 Å². The summed E-state index contributed by atoms with van der Waals surface area (Å²) in [5.41, 5.74) is 2.87. The Morgan fingerprint density at radius 1 is 1.29 bits per heavy atom. The maximum absolute atomic E-state index is 13.2. The van der Waals surface area contributed by atoms with E-state index >= 15 is 0 Å². The van der Waals surface area contributed by atoms with Gasteiger partial charge in [0.25, 0.3) is 0 Å². The molecule has 2 aliphatic rings. The zero-order chi connectivity index (χ0) is 27.4. The van der Waals surface area contributed by atoms with E-state index in [2.05, 4.69) is 13.2 Å².